The number of carbonyl (C=O) groups excluding carboxylic acids is 8. The maximum absolute atomic E-state index is 13.3. The van der Waals surface area contributed by atoms with Gasteiger partial charge in [0, 0.05) is 48.3 Å². The van der Waals surface area contributed by atoms with Crippen LogP contribution in [0.3, 0.4) is 0 Å². The fraction of sp³-hybridized carbons (Fsp3) is 0.0851. The van der Waals surface area contributed by atoms with Crippen molar-refractivity contribution in [2.75, 3.05) is 20.0 Å². The van der Waals surface area contributed by atoms with Crippen molar-refractivity contribution in [2.45, 2.75) is 49.6 Å². The molecular formula is C94H80Cl2N12O20. The molecule has 0 aliphatic carbocycles. The van der Waals surface area contributed by atoms with E-state index in [4.69, 9.17) is 58.2 Å². The molecule has 650 valence electrons. The van der Waals surface area contributed by atoms with Gasteiger partial charge in [-0.3, -0.25) is 49.2 Å². The van der Waals surface area contributed by atoms with E-state index in [9.17, 15) is 68.8 Å². The summed E-state index contributed by atoms with van der Waals surface area (Å²) in [5.41, 5.74) is 27.9. The van der Waals surface area contributed by atoms with Crippen molar-refractivity contribution in [3.63, 3.8) is 0 Å². The van der Waals surface area contributed by atoms with E-state index in [1.807, 2.05) is 164 Å². The van der Waals surface area contributed by atoms with Gasteiger partial charge in [0.05, 0.1) is 61.4 Å². The normalized spacial score (nSPS) is 12.5. The number of aliphatic hydroxyl groups is 2. The molecule has 4 aliphatic heterocycles. The van der Waals surface area contributed by atoms with Crippen molar-refractivity contribution in [2.24, 2.45) is 22.9 Å². The second-order valence-corrected chi connectivity index (χ2v) is 28.1. The molecule has 128 heavy (non-hydrogen) atoms. The second kappa shape index (κ2) is 44.0. The number of halogens is 2. The van der Waals surface area contributed by atoms with Gasteiger partial charge in [-0.1, -0.05) is 188 Å². The number of amides is 8. The molecule has 0 fully saturated rings. The number of urea groups is 2. The van der Waals surface area contributed by atoms with Gasteiger partial charge < -0.3 is 77.5 Å². The number of rotatable bonds is 18. The molecule has 0 bridgehead atoms. The van der Waals surface area contributed by atoms with E-state index in [0.717, 1.165) is 39.6 Å². The molecule has 4 aliphatic rings. The van der Waals surface area contributed by atoms with E-state index in [2.05, 4.69) is 20.7 Å². The topological polar surface area (TPSA) is 469 Å². The molecule has 32 nitrogen and oxygen atoms in total. The van der Waals surface area contributed by atoms with Gasteiger partial charge in [0.15, 0.2) is 52.1 Å². The highest BCUT2D eigenvalue weighted by Gasteiger charge is 2.37. The molecule has 13 N–H and O–H groups in total. The predicted molar refractivity (Wildman–Crippen MR) is 481 cm³/mol. The number of nitrogens with zero attached hydrogens (tertiary/aromatic N) is 5. The number of fused-ring (bicyclic) bond motifs is 8. The largest absolute Gasteiger partial charge is 0.453 e. The summed E-state index contributed by atoms with van der Waals surface area (Å²) in [7, 11) is 0. The first-order valence-electron chi connectivity index (χ1n) is 38.8. The summed E-state index contributed by atoms with van der Waals surface area (Å²) in [5, 5.41) is 49.3. The highest BCUT2D eigenvalue weighted by atomic mass is 35.5. The zero-order chi connectivity index (χ0) is 90.0. The summed E-state index contributed by atoms with van der Waals surface area (Å²) >= 11 is 4.92. The van der Waals surface area contributed by atoms with Crippen molar-refractivity contribution >= 4 is 128 Å². The quantitative estimate of drug-likeness (QED) is 0.0167. The average Bonchev–Trinajstić information content (AvgIpc) is 0.796. The molecule has 4 heterocycles. The molecule has 0 saturated heterocycles. The van der Waals surface area contributed by atoms with Crippen LogP contribution in [-0.4, -0.2) is 97.5 Å². The number of nitrogens with one attached hydrogen (secondary N) is 3. The first-order valence-corrected chi connectivity index (χ1v) is 39.2. The van der Waals surface area contributed by atoms with E-state index in [0.29, 0.717) is 75.0 Å². The van der Waals surface area contributed by atoms with Crippen LogP contribution >= 0.6 is 24.0 Å². The Bertz CT molecular complexity index is 5910. The molecule has 0 spiro atoms. The number of primary amides is 3. The number of non-ortho nitro benzene ring substituents is 2. The van der Waals surface area contributed by atoms with Crippen LogP contribution in [0.5, 0.6) is 57.5 Å². The summed E-state index contributed by atoms with van der Waals surface area (Å²) in [6.07, 6.45) is -2.64. The van der Waals surface area contributed by atoms with E-state index in [1.165, 1.54) is 63.2 Å². The van der Waals surface area contributed by atoms with Gasteiger partial charge in [-0.05, 0) is 151 Å². The number of carbonyl (C=O) groups is 8. The van der Waals surface area contributed by atoms with E-state index < -0.39 is 87.3 Å². The number of nitrogens with two attached hydrogens (primary N) is 4. The van der Waals surface area contributed by atoms with Crippen LogP contribution in [0.4, 0.5) is 76.1 Å². The number of benzene rings is 13. The van der Waals surface area contributed by atoms with Gasteiger partial charge in [-0.15, -0.1) is 12.4 Å². The van der Waals surface area contributed by atoms with Gasteiger partial charge >= 0.3 is 23.6 Å². The van der Waals surface area contributed by atoms with Crippen LogP contribution in [0.1, 0.15) is 16.7 Å². The molecule has 17 rings (SSSR count). The highest BCUT2D eigenvalue weighted by molar-refractivity contribution is 6.61. The molecule has 13 aromatic rings. The second-order valence-electron chi connectivity index (χ2n) is 27.8. The monoisotopic (exact) mass is 1770 g/mol. The number of para-hydroxylation sites is 16. The van der Waals surface area contributed by atoms with Crippen molar-refractivity contribution < 1.29 is 86.8 Å². The number of ketones is 1. The van der Waals surface area contributed by atoms with Gasteiger partial charge in [0.1, 0.15) is 23.6 Å². The first-order chi connectivity index (χ1) is 61.3. The molecule has 0 aromatic heterocycles. The molecule has 13 aromatic carbocycles. The Morgan fingerprint density at radius 1 is 0.383 bits per heavy atom. The Hall–Kier alpha value is -16.5. The molecule has 34 heteroatoms. The predicted octanol–water partition coefficient (Wildman–Crippen LogP) is 17.1. The fourth-order valence-electron chi connectivity index (χ4n) is 13.0. The zero-order valence-electron chi connectivity index (χ0n) is 67.3. The minimum absolute atomic E-state index is 0. The third-order valence-corrected chi connectivity index (χ3v) is 19.2. The lowest BCUT2D eigenvalue weighted by Gasteiger charge is -2.33. The molecule has 5 atom stereocenters. The van der Waals surface area contributed by atoms with E-state index in [1.54, 1.807) is 121 Å². The van der Waals surface area contributed by atoms with Crippen LogP contribution in [0.2, 0.25) is 0 Å². The van der Waals surface area contributed by atoms with Crippen LogP contribution < -0.4 is 82.0 Å². The summed E-state index contributed by atoms with van der Waals surface area (Å²) in [6, 6.07) is 92.9. The smallest absolute Gasteiger partial charge is 0.424 e. The van der Waals surface area contributed by atoms with Gasteiger partial charge in [0.25, 0.3) is 17.3 Å². The number of hydrogen-bond acceptors (Lipinski definition) is 22. The molecule has 8 amide bonds. The Kier molecular flexibility index (Phi) is 31.7. The summed E-state index contributed by atoms with van der Waals surface area (Å²) < 4.78 is 33.2. The fourth-order valence-corrected chi connectivity index (χ4v) is 13.1. The zero-order valence-corrected chi connectivity index (χ0v) is 68.9. The van der Waals surface area contributed by atoms with Crippen molar-refractivity contribution in [1.29, 1.82) is 0 Å². The van der Waals surface area contributed by atoms with Crippen molar-refractivity contribution in [3.8, 4) is 57.5 Å². The number of aliphatic hydroxyl groups excluding tert-OH is 2. The number of nitro benzene ring substituents is 2. The first kappa shape index (κ1) is 92.2. The SMILES string of the molecule is Cl.NC(=O)C(=O)C(Cc1ccccc1)NC(=O)N1c2ccccc2Oc2ccccc21.NC(=O)C(O)C(Cc1ccccc1)NC(=O)N1c2ccccc2Oc2ccccc21.NC(=O)C(O)C(N)Cc1ccccc1.O=C(Cl)Oc1ccc([N+](=O)[O-])cc1.O=C(Oc1ccc([N+](=O)[O-])cc1)N1c2ccccc2Oc2ccccc21.c1ccc2c(c1)Nc1ccccc1O2. The van der Waals surface area contributed by atoms with Crippen molar-refractivity contribution in [3.05, 3.63) is 371 Å². The van der Waals surface area contributed by atoms with Crippen LogP contribution in [0.15, 0.2) is 334 Å². The standard InChI is InChI=1S/C23H21N3O4.C23H19N3O4.C19H12N2O5.C12H9NO.C10H14N2O2.C7H4ClNO4.ClH/c2*24-22(28)21(27)16(14-15-8-2-1-3-9-15)25-23(29)26-17-10-4-6-12-19(17)30-20-13-7-5-11-18(20)26;22-19(25-14-11-9-13(10-12-14)21(23)24)20-15-5-1-3-7-17(15)26-18-8-4-2-6-16(18)20;1-3-7-11-9(5-1)13-10-6-2-4-8-12(10)14-11;11-8(9(13)10(12)14)6-7-4-2-1-3-5-7;8-7(10)13-6-3-1-5(2-4-6)9(11)12;/h1-13,16,21,27H,14H2,(H2,24,28)(H,25,29);1-13,16H,14H2,(H2,24,28)(H,25,29);1-12H;1-8,13H;1-5,8-9,13H,6,11H2,(H2,12,14);1-4H;1H. The Morgan fingerprint density at radius 2 is 0.680 bits per heavy atom. The number of anilines is 8. The molecular weight excluding hydrogens is 1690 g/mol. The van der Waals surface area contributed by atoms with Crippen LogP contribution in [0.25, 0.3) is 0 Å². The van der Waals surface area contributed by atoms with Gasteiger partial charge in [-0.2, -0.15) is 0 Å². The lowest BCUT2D eigenvalue weighted by molar-refractivity contribution is -0.385. The minimum atomic E-state index is -1.54. The Morgan fingerprint density at radius 3 is 1.02 bits per heavy atom. The molecule has 5 unspecified atom stereocenters. The number of Topliss-reactive ketones (excluding diaryl/α,β-unsaturated/α-hetero) is 1. The number of hydrogen-bond donors (Lipinski definition) is 9. The summed E-state index contributed by atoms with van der Waals surface area (Å²) in [5.74, 6) is 1.64. The number of ether oxygens (including phenoxy) is 6. The third kappa shape index (κ3) is 24.0. The van der Waals surface area contributed by atoms with Crippen LogP contribution in [-0.2, 0) is 38.4 Å². The van der Waals surface area contributed by atoms with Gasteiger partial charge in [-0.25, -0.2) is 24.1 Å². The summed E-state index contributed by atoms with van der Waals surface area (Å²) in [6.45, 7) is 0. The van der Waals surface area contributed by atoms with E-state index >= 15 is 0 Å². The molecule has 0 saturated carbocycles. The average molecular weight is 1770 g/mol. The highest BCUT2D eigenvalue weighted by Crippen LogP contribution is 2.50. The lowest BCUT2D eigenvalue weighted by Crippen LogP contribution is -2.53. The van der Waals surface area contributed by atoms with E-state index in [-0.39, 0.29) is 48.1 Å². The minimum Gasteiger partial charge on any atom is -0.453 e. The number of nitro groups is 2. The maximum Gasteiger partial charge on any atom is 0.424 e. The maximum atomic E-state index is 13.3. The lowest BCUT2D eigenvalue weighted by atomic mass is 10.0. The third-order valence-electron chi connectivity index (χ3n) is 19.1. The van der Waals surface area contributed by atoms with Gasteiger partial charge in [0.2, 0.25) is 17.6 Å². The molecule has 0 radical (unpaired) electrons. The van der Waals surface area contributed by atoms with Crippen molar-refractivity contribution in [1.82, 2.24) is 10.6 Å². The Labute approximate surface area is 742 Å². The Balaban J connectivity index is 0.000000153. The van der Waals surface area contributed by atoms with Crippen LogP contribution in [0, 0.1) is 20.2 Å². The summed E-state index contributed by atoms with van der Waals surface area (Å²) in [4.78, 5) is 120.